The van der Waals surface area contributed by atoms with Crippen molar-refractivity contribution < 1.29 is 4.39 Å². The predicted molar refractivity (Wildman–Crippen MR) is 58.9 cm³/mol. The second kappa shape index (κ2) is 4.24. The Bertz CT molecular complexity index is 439. The summed E-state index contributed by atoms with van der Waals surface area (Å²) in [6, 6.07) is 15.8. The Kier molecular flexibility index (Phi) is 2.79. The molecule has 2 heteroatoms. The molecule has 1 unspecified atom stereocenters. The lowest BCUT2D eigenvalue weighted by atomic mass is 10.00. The molecule has 0 radical (unpaired) electrons. The van der Waals surface area contributed by atoms with Gasteiger partial charge in [-0.1, -0.05) is 42.5 Å². The van der Waals surface area contributed by atoms with Gasteiger partial charge in [0.05, 0.1) is 6.04 Å². The fourth-order valence-corrected chi connectivity index (χ4v) is 1.55. The zero-order valence-electron chi connectivity index (χ0n) is 8.23. The van der Waals surface area contributed by atoms with Gasteiger partial charge < -0.3 is 5.73 Å². The summed E-state index contributed by atoms with van der Waals surface area (Å²) in [5.74, 6) is -0.251. The van der Waals surface area contributed by atoms with Crippen molar-refractivity contribution in [2.24, 2.45) is 5.73 Å². The first-order chi connectivity index (χ1) is 7.27. The molecule has 0 aliphatic carbocycles. The highest BCUT2D eigenvalue weighted by Gasteiger charge is 2.08. The fraction of sp³-hybridized carbons (Fsp3) is 0.0769. The van der Waals surface area contributed by atoms with E-state index in [9.17, 15) is 4.39 Å². The van der Waals surface area contributed by atoms with Crippen LogP contribution in [0.3, 0.4) is 0 Å². The van der Waals surface area contributed by atoms with Gasteiger partial charge in [0, 0.05) is 0 Å². The van der Waals surface area contributed by atoms with Crippen molar-refractivity contribution in [2.45, 2.75) is 6.04 Å². The van der Waals surface area contributed by atoms with Crippen molar-refractivity contribution in [1.82, 2.24) is 0 Å². The lowest BCUT2D eigenvalue weighted by Gasteiger charge is -2.12. The van der Waals surface area contributed by atoms with E-state index in [1.165, 1.54) is 12.1 Å². The lowest BCUT2D eigenvalue weighted by molar-refractivity contribution is 0.623. The molecule has 0 aromatic heterocycles. The maximum Gasteiger partial charge on any atom is 0.123 e. The second-order valence-corrected chi connectivity index (χ2v) is 3.44. The van der Waals surface area contributed by atoms with Crippen molar-refractivity contribution in [2.75, 3.05) is 0 Å². The summed E-state index contributed by atoms with van der Waals surface area (Å²) in [5, 5.41) is 0. The number of rotatable bonds is 2. The minimum absolute atomic E-state index is 0.251. The van der Waals surface area contributed by atoms with Crippen LogP contribution in [0.25, 0.3) is 0 Å². The van der Waals surface area contributed by atoms with Gasteiger partial charge in [0.1, 0.15) is 5.82 Å². The molecule has 0 saturated carbocycles. The monoisotopic (exact) mass is 201 g/mol. The zero-order valence-corrected chi connectivity index (χ0v) is 8.23. The second-order valence-electron chi connectivity index (χ2n) is 3.44. The molecule has 0 saturated heterocycles. The molecule has 2 aromatic rings. The molecular formula is C13H12FN. The Morgan fingerprint density at radius 2 is 1.53 bits per heavy atom. The molecule has 2 aromatic carbocycles. The maximum absolute atomic E-state index is 13.0. The van der Waals surface area contributed by atoms with E-state index in [1.807, 2.05) is 36.4 Å². The van der Waals surface area contributed by atoms with Crippen LogP contribution in [0.15, 0.2) is 54.6 Å². The molecule has 15 heavy (non-hydrogen) atoms. The maximum atomic E-state index is 13.0. The third-order valence-corrected chi connectivity index (χ3v) is 2.37. The summed E-state index contributed by atoms with van der Waals surface area (Å²) >= 11 is 0. The van der Waals surface area contributed by atoms with Gasteiger partial charge >= 0.3 is 0 Å². The molecule has 76 valence electrons. The van der Waals surface area contributed by atoms with Gasteiger partial charge in [0.25, 0.3) is 0 Å². The largest absolute Gasteiger partial charge is 0.320 e. The molecule has 0 heterocycles. The van der Waals surface area contributed by atoms with Crippen molar-refractivity contribution in [3.63, 3.8) is 0 Å². The number of nitrogens with two attached hydrogens (primary N) is 1. The van der Waals surface area contributed by atoms with Crippen LogP contribution in [-0.2, 0) is 0 Å². The van der Waals surface area contributed by atoms with Crippen molar-refractivity contribution >= 4 is 0 Å². The summed E-state index contributed by atoms with van der Waals surface area (Å²) < 4.78 is 13.0. The van der Waals surface area contributed by atoms with Crippen LogP contribution in [0.4, 0.5) is 4.39 Å². The smallest absolute Gasteiger partial charge is 0.123 e. The van der Waals surface area contributed by atoms with E-state index in [0.717, 1.165) is 11.1 Å². The highest BCUT2D eigenvalue weighted by atomic mass is 19.1. The van der Waals surface area contributed by atoms with Gasteiger partial charge in [-0.2, -0.15) is 0 Å². The van der Waals surface area contributed by atoms with Gasteiger partial charge in [-0.05, 0) is 23.3 Å². The van der Waals surface area contributed by atoms with Crippen LogP contribution in [0.5, 0.6) is 0 Å². The Balaban J connectivity index is 2.32. The molecule has 2 N–H and O–H groups in total. The average molecular weight is 201 g/mol. The van der Waals surface area contributed by atoms with Crippen molar-refractivity contribution in [3.05, 3.63) is 71.5 Å². The van der Waals surface area contributed by atoms with E-state index in [4.69, 9.17) is 5.73 Å². The van der Waals surface area contributed by atoms with E-state index >= 15 is 0 Å². The molecule has 2 rings (SSSR count). The van der Waals surface area contributed by atoms with Gasteiger partial charge in [-0.25, -0.2) is 4.39 Å². The summed E-state index contributed by atoms with van der Waals surface area (Å²) in [5.41, 5.74) is 7.80. The SMILES string of the molecule is NC(c1ccccc1)c1cccc(F)c1. The Morgan fingerprint density at radius 3 is 2.20 bits per heavy atom. The van der Waals surface area contributed by atoms with Crippen LogP contribution >= 0.6 is 0 Å². The molecule has 0 aliphatic heterocycles. The van der Waals surface area contributed by atoms with E-state index in [2.05, 4.69) is 0 Å². The molecule has 0 spiro atoms. The zero-order chi connectivity index (χ0) is 10.7. The van der Waals surface area contributed by atoms with Crippen LogP contribution in [0.1, 0.15) is 17.2 Å². The first-order valence-corrected chi connectivity index (χ1v) is 4.83. The summed E-state index contributed by atoms with van der Waals surface area (Å²) in [4.78, 5) is 0. The van der Waals surface area contributed by atoms with E-state index in [-0.39, 0.29) is 11.9 Å². The summed E-state index contributed by atoms with van der Waals surface area (Å²) in [6.45, 7) is 0. The Morgan fingerprint density at radius 1 is 0.867 bits per heavy atom. The molecule has 0 fully saturated rings. The average Bonchev–Trinajstić information content (AvgIpc) is 2.29. The van der Waals surface area contributed by atoms with E-state index in [1.54, 1.807) is 6.07 Å². The van der Waals surface area contributed by atoms with Gasteiger partial charge in [0.2, 0.25) is 0 Å². The van der Waals surface area contributed by atoms with Crippen LogP contribution in [0.2, 0.25) is 0 Å². The third kappa shape index (κ3) is 2.22. The van der Waals surface area contributed by atoms with Crippen molar-refractivity contribution in [3.8, 4) is 0 Å². The summed E-state index contributed by atoms with van der Waals surface area (Å²) in [7, 11) is 0. The van der Waals surface area contributed by atoms with Crippen LogP contribution < -0.4 is 5.73 Å². The highest BCUT2D eigenvalue weighted by molar-refractivity contribution is 5.31. The Labute approximate surface area is 88.4 Å². The number of hydrogen-bond acceptors (Lipinski definition) is 1. The molecule has 1 nitrogen and oxygen atoms in total. The normalized spacial score (nSPS) is 12.4. The van der Waals surface area contributed by atoms with Crippen LogP contribution in [-0.4, -0.2) is 0 Å². The Hall–Kier alpha value is -1.67. The van der Waals surface area contributed by atoms with Gasteiger partial charge in [0.15, 0.2) is 0 Å². The standard InChI is InChI=1S/C13H12FN/c14-12-8-4-7-11(9-12)13(15)10-5-2-1-3-6-10/h1-9,13H,15H2. The first kappa shape index (κ1) is 9.87. The fourth-order valence-electron chi connectivity index (χ4n) is 1.55. The minimum atomic E-state index is -0.262. The minimum Gasteiger partial charge on any atom is -0.320 e. The highest BCUT2D eigenvalue weighted by Crippen LogP contribution is 2.19. The number of halogens is 1. The molecule has 1 atom stereocenters. The molecule has 0 bridgehead atoms. The van der Waals surface area contributed by atoms with E-state index in [0.29, 0.717) is 0 Å². The number of benzene rings is 2. The number of hydrogen-bond donors (Lipinski definition) is 1. The van der Waals surface area contributed by atoms with Gasteiger partial charge in [-0.3, -0.25) is 0 Å². The van der Waals surface area contributed by atoms with Gasteiger partial charge in [-0.15, -0.1) is 0 Å². The third-order valence-electron chi connectivity index (χ3n) is 2.37. The quantitative estimate of drug-likeness (QED) is 0.794. The topological polar surface area (TPSA) is 26.0 Å². The predicted octanol–water partition coefficient (Wildman–Crippen LogP) is 2.87. The molecular weight excluding hydrogens is 189 g/mol. The summed E-state index contributed by atoms with van der Waals surface area (Å²) in [6.07, 6.45) is 0. The van der Waals surface area contributed by atoms with Crippen LogP contribution in [0, 0.1) is 5.82 Å². The molecule has 0 aliphatic rings. The van der Waals surface area contributed by atoms with Crippen molar-refractivity contribution in [1.29, 1.82) is 0 Å². The van der Waals surface area contributed by atoms with E-state index < -0.39 is 0 Å². The first-order valence-electron chi connectivity index (χ1n) is 4.83. The lowest BCUT2D eigenvalue weighted by Crippen LogP contribution is -2.11. The molecule has 0 amide bonds.